The number of nitriles is 1. The highest BCUT2D eigenvalue weighted by Crippen LogP contribution is 2.40. The number of benzene rings is 3. The summed E-state index contributed by atoms with van der Waals surface area (Å²) in [7, 11) is -2.96. The molecule has 214 valence electrons. The molecule has 0 unspecified atom stereocenters. The summed E-state index contributed by atoms with van der Waals surface area (Å²) in [5.41, 5.74) is 2.89. The van der Waals surface area contributed by atoms with E-state index in [4.69, 9.17) is 0 Å². The molecule has 1 amide bonds. The maximum atomic E-state index is 13.9. The molecule has 0 fully saturated rings. The van der Waals surface area contributed by atoms with Crippen LogP contribution in [0.25, 0.3) is 11.1 Å². The number of amides is 1. The van der Waals surface area contributed by atoms with Gasteiger partial charge in [0.05, 0.1) is 22.6 Å². The third kappa shape index (κ3) is 5.08. The lowest BCUT2D eigenvalue weighted by atomic mass is 9.99. The van der Waals surface area contributed by atoms with Crippen molar-refractivity contribution in [3.8, 4) is 23.1 Å². The molecule has 1 heterocycles. The Balaban J connectivity index is 1.62. The van der Waals surface area contributed by atoms with E-state index in [1.165, 1.54) is 23.7 Å². The van der Waals surface area contributed by atoms with Gasteiger partial charge in [-0.15, -0.1) is 0 Å². The van der Waals surface area contributed by atoms with Crippen molar-refractivity contribution in [2.45, 2.75) is 54.9 Å². The van der Waals surface area contributed by atoms with Crippen molar-refractivity contribution in [1.29, 1.82) is 5.26 Å². The predicted octanol–water partition coefficient (Wildman–Crippen LogP) is 4.56. The number of nitrogens with zero attached hydrogens (tertiary/aromatic N) is 3. The predicted molar refractivity (Wildman–Crippen MR) is 157 cm³/mol. The largest absolute Gasteiger partial charge is 0.493 e. The van der Waals surface area contributed by atoms with Crippen LogP contribution in [0.1, 0.15) is 65.1 Å². The maximum absolute atomic E-state index is 13.9. The summed E-state index contributed by atoms with van der Waals surface area (Å²) < 4.78 is 29.2. The average Bonchev–Trinajstić information content (AvgIpc) is 3.42. The molecule has 1 atom stereocenters. The van der Waals surface area contributed by atoms with Crippen LogP contribution in [0.2, 0.25) is 0 Å². The van der Waals surface area contributed by atoms with Gasteiger partial charge in [0.15, 0.2) is 4.90 Å². The van der Waals surface area contributed by atoms with Gasteiger partial charge in [-0.25, -0.2) is 8.42 Å². The number of fused-ring (bicyclic) bond motifs is 1. The molecule has 0 radical (unpaired) electrons. The number of rotatable bonds is 8. The lowest BCUT2D eigenvalue weighted by Crippen LogP contribution is -2.27. The molecule has 0 spiro atoms. The molecule has 42 heavy (non-hydrogen) atoms. The molecule has 2 N–H and O–H groups in total. The van der Waals surface area contributed by atoms with E-state index in [-0.39, 0.29) is 10.8 Å². The van der Waals surface area contributed by atoms with Crippen LogP contribution in [-0.2, 0) is 22.7 Å². The van der Waals surface area contributed by atoms with Gasteiger partial charge in [-0.3, -0.25) is 14.2 Å². The Labute approximate surface area is 244 Å². The van der Waals surface area contributed by atoms with Crippen LogP contribution in [0.3, 0.4) is 0 Å². The van der Waals surface area contributed by atoms with Crippen LogP contribution >= 0.6 is 0 Å². The van der Waals surface area contributed by atoms with Gasteiger partial charge in [0.1, 0.15) is 5.82 Å². The fraction of sp³-hybridized carbons (Fsp3) is 0.250. The first-order valence-corrected chi connectivity index (χ1v) is 15.2. The summed E-state index contributed by atoms with van der Waals surface area (Å²) in [6.45, 7) is 1.99. The number of nitrogens with one attached hydrogen (secondary N) is 1. The van der Waals surface area contributed by atoms with Crippen molar-refractivity contribution >= 4 is 15.7 Å². The Bertz CT molecular complexity index is 1890. The Morgan fingerprint density at radius 1 is 1.14 bits per heavy atom. The Morgan fingerprint density at radius 2 is 1.88 bits per heavy atom. The van der Waals surface area contributed by atoms with Crippen LogP contribution in [0, 0.1) is 11.3 Å². The fourth-order valence-electron chi connectivity index (χ4n) is 5.54. The molecule has 0 aliphatic heterocycles. The highest BCUT2D eigenvalue weighted by molar-refractivity contribution is 7.91. The molecule has 1 aromatic heterocycles. The second-order valence-corrected chi connectivity index (χ2v) is 12.1. The molecule has 3 aromatic carbocycles. The molecule has 0 saturated carbocycles. The standard InChI is InChI=1S/C32H30N4O5S/c1-3-4-9-28-35-31(38)29(32(39)36(28)27-17-14-22-11-10-20(19-33)18-26(22)27)42(40,41)23-15-12-21(13-16-23)24-7-5-6-8-25(24)30(37)34-2/h5-8,10-13,15-16,18,27,39H,3-4,9,14,17H2,1-2H3,(H,34,37)/t27-/m1/s1. The lowest BCUT2D eigenvalue weighted by Gasteiger charge is -2.23. The molecule has 4 aromatic rings. The summed E-state index contributed by atoms with van der Waals surface area (Å²) in [6, 6.07) is 19.8. The van der Waals surface area contributed by atoms with Gasteiger partial charge < -0.3 is 10.4 Å². The summed E-state index contributed by atoms with van der Waals surface area (Å²) in [4.78, 5) is 28.8. The van der Waals surface area contributed by atoms with E-state index in [0.717, 1.165) is 17.5 Å². The second kappa shape index (κ2) is 11.6. The third-order valence-electron chi connectivity index (χ3n) is 7.66. The van der Waals surface area contributed by atoms with Gasteiger partial charge in [0.2, 0.25) is 15.7 Å². The van der Waals surface area contributed by atoms with E-state index < -0.39 is 32.2 Å². The number of hydrogen-bond acceptors (Lipinski definition) is 7. The smallest absolute Gasteiger partial charge is 0.296 e. The van der Waals surface area contributed by atoms with Gasteiger partial charge >= 0.3 is 0 Å². The molecule has 9 nitrogen and oxygen atoms in total. The number of unbranched alkanes of at least 4 members (excludes halogenated alkanes) is 1. The van der Waals surface area contributed by atoms with Crippen LogP contribution in [0.5, 0.6) is 5.88 Å². The number of hydrogen-bond donors (Lipinski definition) is 2. The van der Waals surface area contributed by atoms with Gasteiger partial charge in [0.25, 0.3) is 11.5 Å². The summed E-state index contributed by atoms with van der Waals surface area (Å²) in [6.07, 6.45) is 3.11. The minimum Gasteiger partial charge on any atom is -0.493 e. The molecule has 1 aliphatic rings. The molecule has 10 heteroatoms. The van der Waals surface area contributed by atoms with Crippen molar-refractivity contribution in [2.75, 3.05) is 7.05 Å². The zero-order valence-electron chi connectivity index (χ0n) is 23.3. The monoisotopic (exact) mass is 582 g/mol. The van der Waals surface area contributed by atoms with E-state index >= 15 is 0 Å². The maximum Gasteiger partial charge on any atom is 0.296 e. The topological polar surface area (TPSA) is 142 Å². The van der Waals surface area contributed by atoms with E-state index in [1.54, 1.807) is 48.5 Å². The van der Waals surface area contributed by atoms with Gasteiger partial charge in [-0.2, -0.15) is 10.2 Å². The highest BCUT2D eigenvalue weighted by atomic mass is 32.2. The van der Waals surface area contributed by atoms with Crippen LogP contribution in [0.4, 0.5) is 0 Å². The van der Waals surface area contributed by atoms with Gasteiger partial charge in [-0.05, 0) is 71.8 Å². The number of carbonyl (C=O) groups excluding carboxylic acids is 1. The number of aromatic nitrogens is 2. The normalized spacial score (nSPS) is 14.3. The lowest BCUT2D eigenvalue weighted by molar-refractivity contribution is 0.0963. The number of aromatic hydroxyl groups is 1. The quantitative estimate of drug-likeness (QED) is 0.310. The molecule has 0 saturated heterocycles. The minimum absolute atomic E-state index is 0.190. The van der Waals surface area contributed by atoms with Gasteiger partial charge in [0, 0.05) is 19.0 Å². The van der Waals surface area contributed by atoms with Crippen LogP contribution < -0.4 is 10.9 Å². The Morgan fingerprint density at radius 3 is 2.57 bits per heavy atom. The first-order chi connectivity index (χ1) is 20.2. The SMILES string of the molecule is CCCCc1nc(=O)c(S(=O)(=O)c2ccc(-c3ccccc3C(=O)NC)cc2)c(O)n1[C@@H]1CCc2ccc(C#N)cc21. The van der Waals surface area contributed by atoms with Crippen molar-refractivity contribution in [2.24, 2.45) is 0 Å². The zero-order chi connectivity index (χ0) is 30.0. The van der Waals surface area contributed by atoms with Gasteiger partial charge in [-0.1, -0.05) is 49.7 Å². The molecule has 5 rings (SSSR count). The second-order valence-electron chi connectivity index (χ2n) is 10.2. The first-order valence-electron chi connectivity index (χ1n) is 13.7. The number of aryl methyl sites for hydroxylation is 2. The summed E-state index contributed by atoms with van der Waals surface area (Å²) >= 11 is 0. The van der Waals surface area contributed by atoms with E-state index in [2.05, 4.69) is 16.4 Å². The average molecular weight is 583 g/mol. The Hall–Kier alpha value is -4.75. The zero-order valence-corrected chi connectivity index (χ0v) is 24.1. The van der Waals surface area contributed by atoms with E-state index in [1.807, 2.05) is 13.0 Å². The van der Waals surface area contributed by atoms with Crippen LogP contribution in [0.15, 0.2) is 81.3 Å². The Kier molecular flexibility index (Phi) is 7.96. The molecular weight excluding hydrogens is 552 g/mol. The van der Waals surface area contributed by atoms with Crippen LogP contribution in [-0.4, -0.2) is 36.0 Å². The highest BCUT2D eigenvalue weighted by Gasteiger charge is 2.34. The minimum atomic E-state index is -4.49. The van der Waals surface area contributed by atoms with E-state index in [0.29, 0.717) is 53.8 Å². The first kappa shape index (κ1) is 28.8. The van der Waals surface area contributed by atoms with Crippen molar-refractivity contribution < 1.29 is 18.3 Å². The number of sulfone groups is 1. The molecule has 0 bridgehead atoms. The van der Waals surface area contributed by atoms with Crippen molar-refractivity contribution in [3.05, 3.63) is 105 Å². The molecule has 1 aliphatic carbocycles. The third-order valence-corrected chi connectivity index (χ3v) is 9.45. The summed E-state index contributed by atoms with van der Waals surface area (Å²) in [5, 5.41) is 23.6. The number of carbonyl (C=O) groups is 1. The molecular formula is C32H30N4O5S. The fourth-order valence-corrected chi connectivity index (χ4v) is 6.88. The summed E-state index contributed by atoms with van der Waals surface area (Å²) in [5.74, 6) is -0.632. The van der Waals surface area contributed by atoms with Crippen molar-refractivity contribution in [1.82, 2.24) is 14.9 Å². The van der Waals surface area contributed by atoms with Crippen molar-refractivity contribution in [3.63, 3.8) is 0 Å². The van der Waals surface area contributed by atoms with E-state index in [9.17, 15) is 28.4 Å².